The van der Waals surface area contributed by atoms with Crippen LogP contribution < -0.4 is 11.1 Å². The lowest BCUT2D eigenvalue weighted by atomic mass is 9.84. The number of rotatable bonds is 4. The number of nitrogens with two attached hydrogens (primary N) is 1. The van der Waals surface area contributed by atoms with Gasteiger partial charge in [-0.2, -0.15) is 0 Å². The Morgan fingerprint density at radius 1 is 1.17 bits per heavy atom. The molecule has 0 spiro atoms. The lowest BCUT2D eigenvalue weighted by molar-refractivity contribution is -0.384. The molecule has 2 aromatic carbocycles. The van der Waals surface area contributed by atoms with Crippen LogP contribution in [0, 0.1) is 10.1 Å². The smallest absolute Gasteiger partial charge is 0.269 e. The highest BCUT2D eigenvalue weighted by Crippen LogP contribution is 2.34. The number of benzene rings is 2. The maximum Gasteiger partial charge on any atom is 0.269 e. The van der Waals surface area contributed by atoms with Crippen LogP contribution in [0.1, 0.15) is 11.1 Å². The number of amides is 1. The van der Waals surface area contributed by atoms with Gasteiger partial charge >= 0.3 is 0 Å². The number of hydrogen-bond donors (Lipinski definition) is 2. The molecule has 0 bridgehead atoms. The van der Waals surface area contributed by atoms with E-state index in [2.05, 4.69) is 10.3 Å². The fourth-order valence-corrected chi connectivity index (χ4v) is 2.69. The second-order valence-corrected chi connectivity index (χ2v) is 5.28. The van der Waals surface area contributed by atoms with Crippen LogP contribution in [0.4, 0.5) is 5.69 Å². The number of nitrogens with one attached hydrogen (secondary N) is 1. The number of non-ortho nitro benzene ring substituents is 1. The summed E-state index contributed by atoms with van der Waals surface area (Å²) >= 11 is 0. The molecule has 116 valence electrons. The van der Waals surface area contributed by atoms with Crippen LogP contribution in [-0.4, -0.2) is 16.8 Å². The highest BCUT2D eigenvalue weighted by molar-refractivity contribution is 6.07. The zero-order chi connectivity index (χ0) is 16.4. The van der Waals surface area contributed by atoms with Gasteiger partial charge in [0, 0.05) is 18.6 Å². The molecule has 0 unspecified atom stereocenters. The molecule has 0 aliphatic carbocycles. The Kier molecular flexibility index (Phi) is 3.53. The van der Waals surface area contributed by atoms with E-state index in [1.807, 2.05) is 30.3 Å². The minimum absolute atomic E-state index is 0.0115. The molecule has 0 saturated carbocycles. The van der Waals surface area contributed by atoms with Gasteiger partial charge in [0.2, 0.25) is 0 Å². The third-order valence-electron chi connectivity index (χ3n) is 3.77. The van der Waals surface area contributed by atoms with Crippen LogP contribution in [0.3, 0.4) is 0 Å². The maximum atomic E-state index is 12.5. The van der Waals surface area contributed by atoms with Crippen molar-refractivity contribution in [1.29, 1.82) is 0 Å². The summed E-state index contributed by atoms with van der Waals surface area (Å²) in [6, 6.07) is 15.3. The molecule has 2 aromatic rings. The van der Waals surface area contributed by atoms with Gasteiger partial charge in [-0.25, -0.2) is 4.99 Å². The zero-order valence-corrected chi connectivity index (χ0v) is 12.1. The Morgan fingerprint density at radius 3 is 2.52 bits per heavy atom. The molecular weight excluding hydrogens is 296 g/mol. The van der Waals surface area contributed by atoms with Crippen molar-refractivity contribution >= 4 is 17.6 Å². The van der Waals surface area contributed by atoms with Crippen molar-refractivity contribution in [3.63, 3.8) is 0 Å². The first-order valence-corrected chi connectivity index (χ1v) is 6.97. The highest BCUT2D eigenvalue weighted by atomic mass is 16.6. The fourth-order valence-electron chi connectivity index (χ4n) is 2.69. The number of hydrogen-bond acceptors (Lipinski definition) is 5. The van der Waals surface area contributed by atoms with Crippen LogP contribution >= 0.6 is 0 Å². The van der Waals surface area contributed by atoms with E-state index in [9.17, 15) is 14.9 Å². The van der Waals surface area contributed by atoms with E-state index in [0.717, 1.165) is 5.56 Å². The first-order valence-electron chi connectivity index (χ1n) is 6.97. The largest absolute Gasteiger partial charge is 0.370 e. The third-order valence-corrected chi connectivity index (χ3v) is 3.77. The molecule has 7 nitrogen and oxygen atoms in total. The predicted octanol–water partition coefficient (Wildman–Crippen LogP) is 1.48. The number of guanidine groups is 1. The van der Waals surface area contributed by atoms with Gasteiger partial charge in [0.1, 0.15) is 0 Å². The molecule has 0 saturated heterocycles. The number of nitro groups is 1. The van der Waals surface area contributed by atoms with Crippen LogP contribution in [0.15, 0.2) is 59.6 Å². The van der Waals surface area contributed by atoms with Gasteiger partial charge in [-0.1, -0.05) is 42.5 Å². The average Bonchev–Trinajstić information content (AvgIpc) is 2.83. The first kappa shape index (κ1) is 14.7. The van der Waals surface area contributed by atoms with Gasteiger partial charge in [0.05, 0.1) is 4.92 Å². The molecule has 0 fully saturated rings. The summed E-state index contributed by atoms with van der Waals surface area (Å²) in [4.78, 5) is 27.3. The van der Waals surface area contributed by atoms with Gasteiger partial charge in [0.25, 0.3) is 11.6 Å². The lowest BCUT2D eigenvalue weighted by Gasteiger charge is -2.23. The van der Waals surface area contributed by atoms with E-state index in [1.54, 1.807) is 6.07 Å². The second-order valence-electron chi connectivity index (χ2n) is 5.28. The maximum absolute atomic E-state index is 12.5. The lowest BCUT2D eigenvalue weighted by Crippen LogP contribution is -2.40. The molecule has 1 aliphatic rings. The average molecular weight is 310 g/mol. The number of carbonyl (C=O) groups is 1. The van der Waals surface area contributed by atoms with Crippen LogP contribution in [-0.2, 0) is 16.8 Å². The summed E-state index contributed by atoms with van der Waals surface area (Å²) in [5.41, 5.74) is 5.61. The molecule has 7 heteroatoms. The van der Waals surface area contributed by atoms with Gasteiger partial charge in [-0.05, 0) is 11.1 Å². The first-order chi connectivity index (χ1) is 11.0. The molecule has 1 heterocycles. The molecule has 1 amide bonds. The van der Waals surface area contributed by atoms with E-state index in [-0.39, 0.29) is 24.0 Å². The molecule has 3 rings (SSSR count). The van der Waals surface area contributed by atoms with E-state index < -0.39 is 10.5 Å². The summed E-state index contributed by atoms with van der Waals surface area (Å²) in [6.07, 6.45) is 0.265. The standard InChI is InChI=1S/C16H14N4O3/c17-15-18-14(21)16(19-15,10-11-5-2-1-3-6-11)12-7-4-8-13(9-12)20(22)23/h1-9H,10H2,(H3,17,18,19,21)/t16-/m0/s1. The molecule has 3 N–H and O–H groups in total. The number of carbonyl (C=O) groups excluding carboxylic acids is 1. The van der Waals surface area contributed by atoms with Crippen molar-refractivity contribution in [2.45, 2.75) is 12.0 Å². The van der Waals surface area contributed by atoms with E-state index in [4.69, 9.17) is 5.73 Å². The summed E-state index contributed by atoms with van der Waals surface area (Å²) in [7, 11) is 0. The quantitative estimate of drug-likeness (QED) is 0.658. The summed E-state index contributed by atoms with van der Waals surface area (Å²) in [6.45, 7) is 0. The Morgan fingerprint density at radius 2 is 1.91 bits per heavy atom. The molecule has 23 heavy (non-hydrogen) atoms. The topological polar surface area (TPSA) is 111 Å². The Bertz CT molecular complexity index is 804. The third kappa shape index (κ3) is 2.64. The Labute approximate surface area is 132 Å². The molecular formula is C16H14N4O3. The van der Waals surface area contributed by atoms with Crippen molar-refractivity contribution < 1.29 is 9.72 Å². The van der Waals surface area contributed by atoms with Crippen molar-refractivity contribution in [1.82, 2.24) is 5.32 Å². The SMILES string of the molecule is NC1=N[C@@](Cc2ccccc2)(c2cccc([N+](=O)[O-])c2)C(=O)N1. The van der Waals surface area contributed by atoms with Crippen molar-refractivity contribution in [3.8, 4) is 0 Å². The van der Waals surface area contributed by atoms with Gasteiger partial charge in [-0.3, -0.25) is 20.2 Å². The van der Waals surface area contributed by atoms with E-state index >= 15 is 0 Å². The highest BCUT2D eigenvalue weighted by Gasteiger charge is 2.45. The molecule has 0 aromatic heterocycles. The number of aliphatic imine (C=N–C) groups is 1. The molecule has 1 aliphatic heterocycles. The number of nitrogens with zero attached hydrogens (tertiary/aromatic N) is 2. The number of nitro benzene ring substituents is 1. The monoisotopic (exact) mass is 310 g/mol. The van der Waals surface area contributed by atoms with Crippen LogP contribution in [0.25, 0.3) is 0 Å². The predicted molar refractivity (Wildman–Crippen MR) is 84.7 cm³/mol. The summed E-state index contributed by atoms with van der Waals surface area (Å²) < 4.78 is 0. The minimum atomic E-state index is -1.29. The van der Waals surface area contributed by atoms with Gasteiger partial charge in [-0.15, -0.1) is 0 Å². The molecule has 1 atom stereocenters. The van der Waals surface area contributed by atoms with Crippen LogP contribution in [0.2, 0.25) is 0 Å². The van der Waals surface area contributed by atoms with E-state index in [1.165, 1.54) is 18.2 Å². The van der Waals surface area contributed by atoms with Crippen molar-refractivity contribution in [2.24, 2.45) is 10.7 Å². The zero-order valence-electron chi connectivity index (χ0n) is 12.1. The van der Waals surface area contributed by atoms with Crippen molar-refractivity contribution in [2.75, 3.05) is 0 Å². The van der Waals surface area contributed by atoms with Gasteiger partial charge < -0.3 is 5.73 Å². The summed E-state index contributed by atoms with van der Waals surface area (Å²) in [5, 5.41) is 13.5. The Balaban J connectivity index is 2.12. The minimum Gasteiger partial charge on any atom is -0.370 e. The molecule has 0 radical (unpaired) electrons. The summed E-state index contributed by atoms with van der Waals surface area (Å²) in [5.74, 6) is -0.378. The van der Waals surface area contributed by atoms with Crippen molar-refractivity contribution in [3.05, 3.63) is 75.8 Å². The van der Waals surface area contributed by atoms with Gasteiger partial charge in [0.15, 0.2) is 11.5 Å². The van der Waals surface area contributed by atoms with E-state index in [0.29, 0.717) is 5.56 Å². The Hall–Kier alpha value is -3.22. The second kappa shape index (κ2) is 5.53. The normalized spacial score (nSPS) is 20.0. The fraction of sp³-hybridized carbons (Fsp3) is 0.125. The van der Waals surface area contributed by atoms with Crippen LogP contribution in [0.5, 0.6) is 0 Å².